The van der Waals surface area contributed by atoms with Crippen LogP contribution in [0.5, 0.6) is 0 Å². The summed E-state index contributed by atoms with van der Waals surface area (Å²) >= 11 is 0. The molecule has 0 radical (unpaired) electrons. The van der Waals surface area contributed by atoms with Crippen molar-refractivity contribution in [3.8, 4) is 0 Å². The molecular formula is C4H3O5Tl. The Morgan fingerprint density at radius 1 is 1.50 bits per heavy atom. The molecule has 0 aliphatic heterocycles. The zero-order valence-corrected chi connectivity index (χ0v) is 9.39. The predicted molar refractivity (Wildman–Crippen MR) is 27.5 cm³/mol. The molecular weight excluding hydrogens is 332 g/mol. The van der Waals surface area contributed by atoms with Gasteiger partial charge in [-0.25, -0.2) is 0 Å². The molecule has 0 bridgehead atoms. The normalized spacial score (nSPS) is 7.20. The van der Waals surface area contributed by atoms with E-state index in [9.17, 15) is 19.5 Å². The number of carboxylic acid groups (broad SMARTS) is 1. The van der Waals surface area contributed by atoms with E-state index in [-0.39, 0.29) is 33.8 Å². The first-order valence-electron chi connectivity index (χ1n) is 2.00. The van der Waals surface area contributed by atoms with E-state index in [0.29, 0.717) is 0 Å². The summed E-state index contributed by atoms with van der Waals surface area (Å²) < 4.78 is 3.61. The molecule has 52 valence electrons. The van der Waals surface area contributed by atoms with Gasteiger partial charge in [-0.15, -0.1) is 0 Å². The van der Waals surface area contributed by atoms with Crippen molar-refractivity contribution in [1.29, 1.82) is 0 Å². The maximum Gasteiger partial charge on any atom is 1.00 e. The van der Waals surface area contributed by atoms with Gasteiger partial charge >= 0.3 is 39.7 Å². The molecule has 0 aromatic rings. The fourth-order valence-corrected chi connectivity index (χ4v) is 0.213. The Bertz CT molecular complexity index is 143. The molecule has 10 heavy (non-hydrogen) atoms. The molecule has 0 spiro atoms. The van der Waals surface area contributed by atoms with Crippen molar-refractivity contribution >= 4 is 45.7 Å². The second-order valence-electron chi connectivity index (χ2n) is 1.13. The van der Waals surface area contributed by atoms with Crippen molar-refractivity contribution in [2.75, 3.05) is 0 Å². The molecule has 0 fully saturated rings. The van der Waals surface area contributed by atoms with Gasteiger partial charge in [-0.05, 0) is 0 Å². The molecule has 0 atom stereocenters. The summed E-state index contributed by atoms with van der Waals surface area (Å²) in [6.45, 7) is -0.134. The van der Waals surface area contributed by atoms with Crippen LogP contribution < -0.4 is 5.11 Å². The fraction of sp³-hybridized carbons (Fsp3) is 0.250. The van der Waals surface area contributed by atoms with Crippen LogP contribution in [0.3, 0.4) is 0 Å². The van der Waals surface area contributed by atoms with Gasteiger partial charge in [-0.1, -0.05) is 0 Å². The van der Waals surface area contributed by atoms with E-state index in [0.717, 1.165) is 0 Å². The molecule has 5 nitrogen and oxygen atoms in total. The van der Waals surface area contributed by atoms with Gasteiger partial charge in [0.05, 0.1) is 12.4 Å². The Labute approximate surface area is 76.5 Å². The number of ether oxygens (including phenoxy) is 1. The van der Waals surface area contributed by atoms with Gasteiger partial charge in [-0.3, -0.25) is 9.59 Å². The number of aliphatic carboxylic acids is 1. The van der Waals surface area contributed by atoms with E-state index < -0.39 is 18.4 Å². The van der Waals surface area contributed by atoms with Gasteiger partial charge in [0.25, 0.3) is 0 Å². The van der Waals surface area contributed by atoms with E-state index in [1.54, 1.807) is 0 Å². The fourth-order valence-electron chi connectivity index (χ4n) is 0.213. The van der Waals surface area contributed by atoms with Crippen LogP contribution in [0, 0.1) is 0 Å². The second kappa shape index (κ2) is 6.65. The molecule has 0 heterocycles. The van der Waals surface area contributed by atoms with Crippen LogP contribution in [0.15, 0.2) is 0 Å². The third-order valence-corrected chi connectivity index (χ3v) is 0.468. The van der Waals surface area contributed by atoms with Crippen molar-refractivity contribution < 1.29 is 24.2 Å². The zero-order chi connectivity index (χ0) is 7.28. The van der Waals surface area contributed by atoms with Crippen LogP contribution >= 0.6 is 0 Å². The number of rotatable bonds is 3. The quantitative estimate of drug-likeness (QED) is 0.245. The number of hydrogen-bond acceptors (Lipinski definition) is 5. The monoisotopic (exact) mass is 336 g/mol. The summed E-state index contributed by atoms with van der Waals surface area (Å²) in [5.74, 6) is -2.69. The average Bonchev–Trinajstić information content (AvgIpc) is 1.63. The van der Waals surface area contributed by atoms with E-state index in [1.807, 2.05) is 0 Å². The molecule has 0 amide bonds. The molecule has 0 aliphatic rings. The smallest absolute Gasteiger partial charge is 0.550 e. The number of carboxylic acids is 1. The third kappa shape index (κ3) is 7.53. The van der Waals surface area contributed by atoms with Crippen molar-refractivity contribution in [3.63, 3.8) is 0 Å². The number of carbonyl (C=O) groups excluding carboxylic acids is 3. The van der Waals surface area contributed by atoms with Crippen LogP contribution in [0.2, 0.25) is 0 Å². The molecule has 0 rings (SSSR count). The van der Waals surface area contributed by atoms with Gasteiger partial charge in [0.15, 0.2) is 0 Å². The molecule has 0 unspecified atom stereocenters. The SMILES string of the molecule is O=COC(=O)CC(=O)[O-].[Tl+]. The Balaban J connectivity index is 0. The molecule has 0 aromatic carbocycles. The maximum atomic E-state index is 9.98. The summed E-state index contributed by atoms with van der Waals surface area (Å²) in [6, 6.07) is 0. The van der Waals surface area contributed by atoms with Crippen molar-refractivity contribution in [2.45, 2.75) is 6.42 Å². The van der Waals surface area contributed by atoms with Gasteiger partial charge < -0.3 is 14.6 Å². The predicted octanol–water partition coefficient (Wildman–Crippen LogP) is -2.55. The molecule has 0 N–H and O–H groups in total. The van der Waals surface area contributed by atoms with E-state index in [2.05, 4.69) is 4.74 Å². The first-order chi connectivity index (χ1) is 4.16. The maximum absolute atomic E-state index is 9.98. The van der Waals surface area contributed by atoms with Gasteiger partial charge in [0.2, 0.25) is 0 Å². The average molecular weight is 335 g/mol. The minimum absolute atomic E-state index is 0. The summed E-state index contributed by atoms with van der Waals surface area (Å²) in [7, 11) is 0. The minimum atomic E-state index is -1.57. The molecule has 0 saturated carbocycles. The summed E-state index contributed by atoms with van der Waals surface area (Å²) in [5.41, 5.74) is 0. The number of carbonyl (C=O) groups is 3. The van der Waals surface area contributed by atoms with Crippen molar-refractivity contribution in [2.24, 2.45) is 0 Å². The summed E-state index contributed by atoms with van der Waals surface area (Å²) in [5, 5.41) is 9.56. The van der Waals surface area contributed by atoms with Crippen LogP contribution in [-0.2, 0) is 19.1 Å². The van der Waals surface area contributed by atoms with Crippen LogP contribution in [-0.4, -0.2) is 45.7 Å². The third-order valence-electron chi connectivity index (χ3n) is 0.468. The van der Waals surface area contributed by atoms with Gasteiger partial charge in [0.1, 0.15) is 0 Å². The van der Waals surface area contributed by atoms with Crippen LogP contribution in [0.4, 0.5) is 0 Å². The van der Waals surface area contributed by atoms with Crippen molar-refractivity contribution in [1.82, 2.24) is 0 Å². The number of esters is 1. The van der Waals surface area contributed by atoms with Gasteiger partial charge in [0, 0.05) is 0 Å². The Morgan fingerprint density at radius 2 is 2.00 bits per heavy atom. The molecule has 0 aliphatic carbocycles. The largest absolute Gasteiger partial charge is 1.00 e. The van der Waals surface area contributed by atoms with Crippen LogP contribution in [0.25, 0.3) is 0 Å². The van der Waals surface area contributed by atoms with E-state index >= 15 is 0 Å². The minimum Gasteiger partial charge on any atom is -0.550 e. The second-order valence-corrected chi connectivity index (χ2v) is 1.13. The first-order valence-corrected chi connectivity index (χ1v) is 2.00. The summed E-state index contributed by atoms with van der Waals surface area (Å²) in [4.78, 5) is 28.9. The topological polar surface area (TPSA) is 83.5 Å². The Morgan fingerprint density at radius 3 is 2.30 bits per heavy atom. The summed E-state index contributed by atoms with van der Waals surface area (Å²) in [6.07, 6.45) is -0.890. The standard InChI is InChI=1S/C4H4O5.Tl/c5-2-9-4(8)1-3(6)7;/h2H,1H2,(H,6,7);/q;+1/p-1. The van der Waals surface area contributed by atoms with E-state index in [1.165, 1.54) is 0 Å². The first kappa shape index (κ1) is 12.2. The molecule has 0 saturated heterocycles. The van der Waals surface area contributed by atoms with Crippen molar-refractivity contribution in [3.05, 3.63) is 0 Å². The molecule has 0 aromatic heterocycles. The Kier molecular flexibility index (Phi) is 8.13. The zero-order valence-electron chi connectivity index (χ0n) is 4.90. The van der Waals surface area contributed by atoms with Crippen LogP contribution in [0.1, 0.15) is 6.42 Å². The van der Waals surface area contributed by atoms with Gasteiger partial charge in [-0.2, -0.15) is 0 Å². The molecule has 6 heteroatoms. The van der Waals surface area contributed by atoms with E-state index in [4.69, 9.17) is 0 Å². The Hall–Kier alpha value is -0.468. The number of hydrogen-bond donors (Lipinski definition) is 0.